The van der Waals surface area contributed by atoms with Crippen LogP contribution in [0.5, 0.6) is 11.5 Å². The maximum atomic E-state index is 13.0. The molecule has 6 rings (SSSR count). The van der Waals surface area contributed by atoms with Gasteiger partial charge in [0.1, 0.15) is 0 Å². The number of hydrazone groups is 1. The zero-order valence-electron chi connectivity index (χ0n) is 20.7. The van der Waals surface area contributed by atoms with Crippen LogP contribution in [-0.2, 0) is 0 Å². The van der Waals surface area contributed by atoms with E-state index in [1.165, 1.54) is 0 Å². The molecule has 0 radical (unpaired) electrons. The highest BCUT2D eigenvalue weighted by Crippen LogP contribution is 2.32. The van der Waals surface area contributed by atoms with Crippen molar-refractivity contribution >= 4 is 12.1 Å². The zero-order chi connectivity index (χ0) is 25.9. The molecular formula is C31H24N4O3. The van der Waals surface area contributed by atoms with Gasteiger partial charge in [-0.05, 0) is 60.0 Å². The van der Waals surface area contributed by atoms with E-state index in [0.29, 0.717) is 11.5 Å². The van der Waals surface area contributed by atoms with E-state index >= 15 is 0 Å². The molecule has 0 saturated heterocycles. The Morgan fingerprint density at radius 2 is 1.55 bits per heavy atom. The largest absolute Gasteiger partial charge is 0.454 e. The van der Waals surface area contributed by atoms with Crippen molar-refractivity contribution in [3.63, 3.8) is 0 Å². The van der Waals surface area contributed by atoms with Crippen LogP contribution < -0.4 is 14.9 Å². The van der Waals surface area contributed by atoms with Crippen LogP contribution in [0.3, 0.4) is 0 Å². The lowest BCUT2D eigenvalue weighted by Crippen LogP contribution is -2.18. The van der Waals surface area contributed by atoms with Gasteiger partial charge in [0.15, 0.2) is 17.2 Å². The lowest BCUT2D eigenvalue weighted by atomic mass is 10.0. The van der Waals surface area contributed by atoms with Crippen LogP contribution in [0.1, 0.15) is 21.6 Å². The monoisotopic (exact) mass is 500 g/mol. The van der Waals surface area contributed by atoms with Gasteiger partial charge in [0.2, 0.25) is 6.79 Å². The first-order valence-corrected chi connectivity index (χ1v) is 12.2. The average Bonchev–Trinajstić information content (AvgIpc) is 3.62. The number of carbonyl (C=O) groups is 1. The molecule has 0 bridgehead atoms. The minimum absolute atomic E-state index is 0.202. The van der Waals surface area contributed by atoms with E-state index in [0.717, 1.165) is 39.2 Å². The van der Waals surface area contributed by atoms with Crippen molar-refractivity contribution in [3.05, 3.63) is 120 Å². The number of aromatic nitrogens is 2. The molecule has 0 saturated carbocycles. The Hall–Kier alpha value is -5.17. The van der Waals surface area contributed by atoms with E-state index < -0.39 is 5.91 Å². The van der Waals surface area contributed by atoms with Gasteiger partial charge in [-0.15, -0.1) is 0 Å². The second kappa shape index (κ2) is 10.1. The number of ether oxygens (including phenoxy) is 2. The molecule has 4 aromatic carbocycles. The van der Waals surface area contributed by atoms with Crippen LogP contribution in [0, 0.1) is 6.92 Å². The summed E-state index contributed by atoms with van der Waals surface area (Å²) in [4.78, 5) is 13.0. The summed E-state index contributed by atoms with van der Waals surface area (Å²) in [6.45, 7) is 2.24. The number of amides is 1. The minimum Gasteiger partial charge on any atom is -0.454 e. The smallest absolute Gasteiger partial charge is 0.291 e. The van der Waals surface area contributed by atoms with E-state index in [1.54, 1.807) is 23.0 Å². The fourth-order valence-electron chi connectivity index (χ4n) is 4.26. The number of nitrogens with one attached hydrogen (secondary N) is 1. The summed E-state index contributed by atoms with van der Waals surface area (Å²) in [6, 6.07) is 33.7. The molecule has 1 aliphatic rings. The van der Waals surface area contributed by atoms with Crippen molar-refractivity contribution in [1.29, 1.82) is 0 Å². The van der Waals surface area contributed by atoms with E-state index in [-0.39, 0.29) is 12.5 Å². The summed E-state index contributed by atoms with van der Waals surface area (Å²) in [5.41, 5.74) is 9.63. The van der Waals surface area contributed by atoms with Gasteiger partial charge in [0.05, 0.1) is 17.6 Å². The third-order valence-corrected chi connectivity index (χ3v) is 6.28. The first-order chi connectivity index (χ1) is 18.6. The van der Waals surface area contributed by atoms with Crippen LogP contribution in [0.25, 0.3) is 28.1 Å². The van der Waals surface area contributed by atoms with Crippen LogP contribution in [0.2, 0.25) is 0 Å². The van der Waals surface area contributed by atoms with Crippen LogP contribution in [0.15, 0.2) is 108 Å². The van der Waals surface area contributed by atoms with E-state index in [9.17, 15) is 4.79 Å². The maximum absolute atomic E-state index is 13.0. The van der Waals surface area contributed by atoms with Gasteiger partial charge in [-0.1, -0.05) is 72.3 Å². The summed E-state index contributed by atoms with van der Waals surface area (Å²) in [5, 5.41) is 8.75. The van der Waals surface area contributed by atoms with E-state index in [1.807, 2.05) is 73.7 Å². The summed E-state index contributed by atoms with van der Waals surface area (Å²) in [6.07, 6.45) is 1.56. The topological polar surface area (TPSA) is 77.7 Å². The molecule has 38 heavy (non-hydrogen) atoms. The Morgan fingerprint density at radius 1 is 0.842 bits per heavy atom. The zero-order valence-corrected chi connectivity index (χ0v) is 20.7. The quantitative estimate of drug-likeness (QED) is 0.229. The Bertz CT molecular complexity index is 1620. The highest BCUT2D eigenvalue weighted by molar-refractivity contribution is 5.94. The van der Waals surface area contributed by atoms with Gasteiger partial charge in [-0.25, -0.2) is 10.1 Å². The molecule has 0 atom stereocenters. The fourth-order valence-corrected chi connectivity index (χ4v) is 4.26. The Labute approximate surface area is 220 Å². The molecule has 0 spiro atoms. The van der Waals surface area contributed by atoms with Crippen molar-refractivity contribution in [1.82, 2.24) is 15.2 Å². The van der Waals surface area contributed by atoms with E-state index in [4.69, 9.17) is 9.47 Å². The van der Waals surface area contributed by atoms with Gasteiger partial charge in [-0.3, -0.25) is 4.79 Å². The molecular weight excluding hydrogens is 476 g/mol. The predicted molar refractivity (Wildman–Crippen MR) is 147 cm³/mol. The number of benzene rings is 4. The standard InChI is InChI=1S/C31H24N4O3/c1-21-7-14-26(15-8-21)35-28(25-12-10-24(11-13-25)23-5-3-2-4-6-23)18-27(34-35)31(36)33-32-19-22-9-16-29-30(17-22)38-20-37-29/h2-19H,20H2,1H3,(H,33,36)/b32-19-. The third-order valence-electron chi connectivity index (χ3n) is 6.28. The van der Waals surface area contributed by atoms with Crippen molar-refractivity contribution in [2.45, 2.75) is 6.92 Å². The molecule has 0 aliphatic carbocycles. The van der Waals surface area contributed by atoms with Gasteiger partial charge >= 0.3 is 0 Å². The lowest BCUT2D eigenvalue weighted by Gasteiger charge is -2.09. The molecule has 2 heterocycles. The van der Waals surface area contributed by atoms with Crippen molar-refractivity contribution in [2.24, 2.45) is 5.10 Å². The molecule has 1 aromatic heterocycles. The number of rotatable bonds is 6. The number of nitrogens with zero attached hydrogens (tertiary/aromatic N) is 3. The number of carbonyl (C=O) groups excluding carboxylic acids is 1. The van der Waals surface area contributed by atoms with Gasteiger partial charge in [0, 0.05) is 5.56 Å². The first-order valence-electron chi connectivity index (χ1n) is 12.2. The molecule has 7 nitrogen and oxygen atoms in total. The summed E-state index contributed by atoms with van der Waals surface area (Å²) in [5.74, 6) is 0.937. The molecule has 0 fully saturated rings. The predicted octanol–water partition coefficient (Wildman–Crippen LogP) is 6.01. The van der Waals surface area contributed by atoms with Gasteiger partial charge in [0.25, 0.3) is 5.91 Å². The Balaban J connectivity index is 1.28. The van der Waals surface area contributed by atoms with Crippen molar-refractivity contribution in [3.8, 4) is 39.6 Å². The highest BCUT2D eigenvalue weighted by atomic mass is 16.7. The van der Waals surface area contributed by atoms with Crippen molar-refractivity contribution < 1.29 is 14.3 Å². The van der Waals surface area contributed by atoms with E-state index in [2.05, 4.69) is 39.9 Å². The molecule has 7 heteroatoms. The number of fused-ring (bicyclic) bond motifs is 1. The maximum Gasteiger partial charge on any atom is 0.291 e. The summed E-state index contributed by atoms with van der Waals surface area (Å²) < 4.78 is 12.5. The van der Waals surface area contributed by atoms with Crippen molar-refractivity contribution in [2.75, 3.05) is 6.79 Å². The number of hydrogen-bond acceptors (Lipinski definition) is 5. The lowest BCUT2D eigenvalue weighted by molar-refractivity contribution is 0.0949. The van der Waals surface area contributed by atoms with Crippen LogP contribution in [-0.4, -0.2) is 28.7 Å². The van der Waals surface area contributed by atoms with Gasteiger partial charge < -0.3 is 9.47 Å². The second-order valence-corrected chi connectivity index (χ2v) is 8.92. The fraction of sp³-hybridized carbons (Fsp3) is 0.0645. The molecule has 1 aliphatic heterocycles. The molecule has 1 N–H and O–H groups in total. The minimum atomic E-state index is -0.407. The average molecular weight is 501 g/mol. The summed E-state index contributed by atoms with van der Waals surface area (Å²) >= 11 is 0. The summed E-state index contributed by atoms with van der Waals surface area (Å²) in [7, 11) is 0. The number of hydrogen-bond donors (Lipinski definition) is 1. The normalized spacial score (nSPS) is 12.1. The Morgan fingerprint density at radius 3 is 2.34 bits per heavy atom. The second-order valence-electron chi connectivity index (χ2n) is 8.92. The number of aryl methyl sites for hydroxylation is 1. The highest BCUT2D eigenvalue weighted by Gasteiger charge is 2.17. The van der Waals surface area contributed by atoms with Gasteiger partial charge in [-0.2, -0.15) is 10.2 Å². The Kier molecular flexibility index (Phi) is 6.16. The van der Waals surface area contributed by atoms with Crippen LogP contribution in [0.4, 0.5) is 0 Å². The molecule has 0 unspecified atom stereocenters. The SMILES string of the molecule is Cc1ccc(-n2nc(C(=O)N/N=C\c3ccc4c(c3)OCO4)cc2-c2ccc(-c3ccccc3)cc2)cc1. The molecule has 1 amide bonds. The third kappa shape index (κ3) is 4.77. The molecule has 5 aromatic rings. The molecule has 186 valence electrons. The first kappa shape index (κ1) is 23.2. The van der Waals surface area contributed by atoms with Crippen LogP contribution >= 0.6 is 0 Å².